The summed E-state index contributed by atoms with van der Waals surface area (Å²) < 4.78 is 51.1. The van der Waals surface area contributed by atoms with E-state index in [0.717, 1.165) is 18.1 Å². The summed E-state index contributed by atoms with van der Waals surface area (Å²) in [5.74, 6) is -1.97. The van der Waals surface area contributed by atoms with E-state index in [0.29, 0.717) is 30.5 Å². The van der Waals surface area contributed by atoms with Crippen molar-refractivity contribution in [1.82, 2.24) is 0 Å². The molecule has 1 aliphatic heterocycles. The molecule has 2 saturated carbocycles. The van der Waals surface area contributed by atoms with Crippen molar-refractivity contribution in [3.05, 3.63) is 35.1 Å². The Bertz CT molecular complexity index is 603. The summed E-state index contributed by atoms with van der Waals surface area (Å²) in [6.45, 7) is 3.31. The second kappa shape index (κ2) is 6.58. The summed E-state index contributed by atoms with van der Waals surface area (Å²) in [7, 11) is 0. The third-order valence-corrected chi connectivity index (χ3v) is 6.40. The minimum absolute atomic E-state index is 0.196. The van der Waals surface area contributed by atoms with Crippen molar-refractivity contribution in [1.29, 1.82) is 0 Å². The van der Waals surface area contributed by atoms with Gasteiger partial charge >= 0.3 is 0 Å². The molecule has 0 amide bonds. The van der Waals surface area contributed by atoms with Crippen LogP contribution in [-0.4, -0.2) is 13.2 Å². The maximum absolute atomic E-state index is 13.4. The van der Waals surface area contributed by atoms with Gasteiger partial charge in [0.15, 0.2) is 23.7 Å². The fraction of sp³-hybridized carbons (Fsp3) is 0.700. The van der Waals surface area contributed by atoms with E-state index in [-0.39, 0.29) is 5.56 Å². The number of hydrogen-bond donors (Lipinski definition) is 0. The highest BCUT2D eigenvalue weighted by Crippen LogP contribution is 2.63. The van der Waals surface area contributed by atoms with Gasteiger partial charge in [0.05, 0.1) is 13.2 Å². The van der Waals surface area contributed by atoms with Crippen molar-refractivity contribution < 1.29 is 22.6 Å². The molecule has 25 heavy (non-hydrogen) atoms. The third-order valence-electron chi connectivity index (χ3n) is 6.40. The van der Waals surface area contributed by atoms with Crippen LogP contribution in [0.1, 0.15) is 57.3 Å². The second-order valence-corrected chi connectivity index (χ2v) is 8.29. The van der Waals surface area contributed by atoms with Crippen LogP contribution in [0.5, 0.6) is 0 Å². The van der Waals surface area contributed by atoms with Crippen LogP contribution >= 0.6 is 0 Å². The minimum atomic E-state index is -1.46. The Morgan fingerprint density at radius 2 is 1.56 bits per heavy atom. The molecule has 0 aromatic heterocycles. The zero-order valence-electron chi connectivity index (χ0n) is 14.6. The van der Waals surface area contributed by atoms with Crippen molar-refractivity contribution in [3.8, 4) is 0 Å². The summed E-state index contributed by atoms with van der Waals surface area (Å²) in [4.78, 5) is 0. The van der Waals surface area contributed by atoms with E-state index in [4.69, 9.17) is 9.47 Å². The third kappa shape index (κ3) is 3.21. The second-order valence-electron chi connectivity index (χ2n) is 8.29. The van der Waals surface area contributed by atoms with Gasteiger partial charge in [-0.2, -0.15) is 0 Å². The molecule has 0 N–H and O–H groups in total. The Morgan fingerprint density at radius 1 is 0.960 bits per heavy atom. The lowest BCUT2D eigenvalue weighted by molar-refractivity contribution is -0.229. The molecular formula is C20H25F3O2. The van der Waals surface area contributed by atoms with Gasteiger partial charge in [-0.15, -0.1) is 0 Å². The smallest absolute Gasteiger partial charge is 0.194 e. The molecule has 1 aromatic carbocycles. The first-order valence-corrected chi connectivity index (χ1v) is 9.37. The van der Waals surface area contributed by atoms with Gasteiger partial charge in [0.1, 0.15) is 0 Å². The van der Waals surface area contributed by atoms with Gasteiger partial charge < -0.3 is 9.47 Å². The molecule has 0 bridgehead atoms. The molecule has 138 valence electrons. The molecule has 0 radical (unpaired) electrons. The van der Waals surface area contributed by atoms with Gasteiger partial charge in [0, 0.05) is 11.5 Å². The Kier molecular flexibility index (Phi) is 4.57. The van der Waals surface area contributed by atoms with Crippen LogP contribution in [0.15, 0.2) is 12.1 Å². The Balaban J connectivity index is 1.27. The first-order chi connectivity index (χ1) is 12.0. The first-order valence-electron chi connectivity index (χ1n) is 9.37. The maximum Gasteiger partial charge on any atom is 0.194 e. The lowest BCUT2D eigenvalue weighted by atomic mass is 9.46. The van der Waals surface area contributed by atoms with Gasteiger partial charge in [-0.25, -0.2) is 13.2 Å². The molecule has 5 heteroatoms. The van der Waals surface area contributed by atoms with Crippen LogP contribution < -0.4 is 0 Å². The number of hydrogen-bond acceptors (Lipinski definition) is 2. The Hall–Kier alpha value is -1.07. The van der Waals surface area contributed by atoms with E-state index in [1.54, 1.807) is 0 Å². The number of ether oxygens (including phenoxy) is 2. The summed E-state index contributed by atoms with van der Waals surface area (Å²) in [5.41, 5.74) is 0.784. The average molecular weight is 354 g/mol. The van der Waals surface area contributed by atoms with Crippen LogP contribution in [0.3, 0.4) is 0 Å². The quantitative estimate of drug-likeness (QED) is 0.677. The minimum Gasteiger partial charge on any atom is -0.348 e. The van der Waals surface area contributed by atoms with E-state index in [2.05, 4.69) is 6.92 Å². The lowest BCUT2D eigenvalue weighted by Gasteiger charge is -2.60. The predicted molar refractivity (Wildman–Crippen MR) is 87.2 cm³/mol. The summed E-state index contributed by atoms with van der Waals surface area (Å²) in [6.07, 6.45) is 7.09. The predicted octanol–water partition coefficient (Wildman–Crippen LogP) is 5.37. The van der Waals surface area contributed by atoms with Crippen molar-refractivity contribution in [3.63, 3.8) is 0 Å². The topological polar surface area (TPSA) is 18.5 Å². The van der Waals surface area contributed by atoms with Crippen molar-refractivity contribution in [2.45, 2.75) is 51.7 Å². The number of benzene rings is 1. The molecule has 4 rings (SSSR count). The van der Waals surface area contributed by atoms with Crippen molar-refractivity contribution >= 4 is 0 Å². The van der Waals surface area contributed by atoms with Crippen LogP contribution in [0.25, 0.3) is 0 Å². The monoisotopic (exact) mass is 354 g/mol. The van der Waals surface area contributed by atoms with Gasteiger partial charge in [-0.3, -0.25) is 0 Å². The number of halogens is 3. The molecule has 2 aliphatic carbocycles. The van der Waals surface area contributed by atoms with Crippen LogP contribution in [0, 0.1) is 40.6 Å². The molecule has 1 aromatic rings. The van der Waals surface area contributed by atoms with Gasteiger partial charge in [0.2, 0.25) is 0 Å². The van der Waals surface area contributed by atoms with E-state index in [9.17, 15) is 13.2 Å². The maximum atomic E-state index is 13.4. The average Bonchev–Trinajstić information content (AvgIpc) is 2.53. The summed E-state index contributed by atoms with van der Waals surface area (Å²) >= 11 is 0. The molecule has 3 fully saturated rings. The van der Waals surface area contributed by atoms with E-state index >= 15 is 0 Å². The molecule has 1 heterocycles. The van der Waals surface area contributed by atoms with Crippen LogP contribution in [0.4, 0.5) is 13.2 Å². The fourth-order valence-electron chi connectivity index (χ4n) is 5.19. The highest BCUT2D eigenvalue weighted by Gasteiger charge is 2.54. The molecule has 2 nitrogen and oxygen atoms in total. The van der Waals surface area contributed by atoms with Crippen LogP contribution in [-0.2, 0) is 9.47 Å². The SMILES string of the molecule is CCCC1CC2(C1)CC(C1COC(c3cc(F)c(F)c(F)c3)OC1)C2. The zero-order valence-corrected chi connectivity index (χ0v) is 14.6. The molecule has 0 atom stereocenters. The molecule has 1 spiro atoms. The first kappa shape index (κ1) is 17.3. The van der Waals surface area contributed by atoms with Gasteiger partial charge in [-0.05, 0) is 55.1 Å². The number of rotatable bonds is 4. The van der Waals surface area contributed by atoms with E-state index < -0.39 is 23.7 Å². The highest BCUT2D eigenvalue weighted by molar-refractivity contribution is 5.21. The zero-order chi connectivity index (χ0) is 17.6. The Morgan fingerprint density at radius 3 is 2.12 bits per heavy atom. The molecule has 0 unspecified atom stereocenters. The van der Waals surface area contributed by atoms with Crippen molar-refractivity contribution in [2.24, 2.45) is 23.2 Å². The molecule has 1 saturated heterocycles. The Labute approximate surface area is 146 Å². The van der Waals surface area contributed by atoms with Gasteiger partial charge in [0.25, 0.3) is 0 Å². The largest absolute Gasteiger partial charge is 0.348 e. The normalized spacial score (nSPS) is 37.6. The highest BCUT2D eigenvalue weighted by atomic mass is 19.2. The summed E-state index contributed by atoms with van der Waals surface area (Å²) in [5, 5.41) is 0. The fourth-order valence-corrected chi connectivity index (χ4v) is 5.19. The lowest BCUT2D eigenvalue weighted by Crippen LogP contribution is -2.51. The van der Waals surface area contributed by atoms with E-state index in [1.165, 1.54) is 38.5 Å². The molecule has 3 aliphatic rings. The van der Waals surface area contributed by atoms with E-state index in [1.807, 2.05) is 0 Å². The standard InChI is InChI=1S/C20H25F3O2/c1-2-3-12-6-20(7-12)8-14(9-20)15-10-24-19(25-11-15)13-4-16(21)18(23)17(22)5-13/h4-5,12,14-15,19H,2-3,6-11H2,1H3. The van der Waals surface area contributed by atoms with Crippen molar-refractivity contribution in [2.75, 3.05) is 13.2 Å². The van der Waals surface area contributed by atoms with Crippen LogP contribution in [0.2, 0.25) is 0 Å². The molecular weight excluding hydrogens is 329 g/mol. The van der Waals surface area contributed by atoms with Gasteiger partial charge in [-0.1, -0.05) is 19.8 Å². The summed E-state index contributed by atoms with van der Waals surface area (Å²) in [6, 6.07) is 1.90.